The van der Waals surface area contributed by atoms with Gasteiger partial charge in [0.25, 0.3) is 0 Å². The number of hydrogen-bond donors (Lipinski definition) is 0. The monoisotopic (exact) mass is 1140 g/mol. The predicted octanol–water partition coefficient (Wildman–Crippen LogP) is 19.4. The Labute approximate surface area is 513 Å². The van der Waals surface area contributed by atoms with Crippen LogP contribution in [0.25, 0.3) is 32.8 Å². The highest BCUT2D eigenvalue weighted by Gasteiger charge is 2.56. The zero-order chi connectivity index (χ0) is 57.6. The number of imidazole rings is 2. The van der Waals surface area contributed by atoms with Crippen LogP contribution in [0.15, 0.2) is 67.3 Å². The predicted molar refractivity (Wildman–Crippen MR) is 354 cm³/mol. The molecule has 6 nitrogen and oxygen atoms in total. The molecule has 0 radical (unpaired) electrons. The Hall–Kier alpha value is -4.45. The van der Waals surface area contributed by atoms with Crippen LogP contribution in [0, 0.1) is 59.2 Å². The molecule has 454 valence electrons. The molecule has 0 N–H and O–H groups in total. The molecule has 0 saturated heterocycles. The van der Waals surface area contributed by atoms with Crippen LogP contribution in [0.2, 0.25) is 0 Å². The third kappa shape index (κ3) is 9.66. The summed E-state index contributed by atoms with van der Waals surface area (Å²) >= 11 is 0. The number of rotatable bonds is 13. The van der Waals surface area contributed by atoms with Crippen molar-refractivity contribution in [1.82, 2.24) is 9.13 Å². The summed E-state index contributed by atoms with van der Waals surface area (Å²) in [5.41, 5.74) is 18.1. The van der Waals surface area contributed by atoms with Crippen molar-refractivity contribution in [3.05, 3.63) is 95.1 Å². The van der Waals surface area contributed by atoms with E-state index in [2.05, 4.69) is 150 Å². The summed E-state index contributed by atoms with van der Waals surface area (Å²) in [5, 5.41) is 2.77. The van der Waals surface area contributed by atoms with E-state index in [0.717, 1.165) is 97.7 Å². The molecule has 0 spiro atoms. The fourth-order valence-corrected chi connectivity index (χ4v) is 23.1. The quantitative estimate of drug-likeness (QED) is 0.106. The molecular formula is C79H111N6+3. The van der Waals surface area contributed by atoms with Crippen LogP contribution in [0.3, 0.4) is 0 Å². The molecule has 6 heteroatoms. The van der Waals surface area contributed by atoms with E-state index < -0.39 is 0 Å². The molecule has 8 fully saturated rings. The molecule has 3 heterocycles. The van der Waals surface area contributed by atoms with E-state index >= 15 is 0 Å². The number of anilines is 1. The Kier molecular flexibility index (Phi) is 16.0. The topological polar surface area (TPSA) is 23.9 Å². The van der Waals surface area contributed by atoms with Crippen molar-refractivity contribution in [3.8, 4) is 0 Å². The van der Waals surface area contributed by atoms with Crippen LogP contribution in [-0.4, -0.2) is 32.1 Å². The number of benzene rings is 4. The summed E-state index contributed by atoms with van der Waals surface area (Å²) in [4.78, 5) is 2.68. The number of aromatic nitrogens is 4. The van der Waals surface area contributed by atoms with Crippen LogP contribution in [0.4, 0.5) is 11.4 Å². The van der Waals surface area contributed by atoms with Crippen molar-refractivity contribution < 1.29 is 13.7 Å². The van der Waals surface area contributed by atoms with Crippen molar-refractivity contribution in [2.75, 3.05) is 4.90 Å². The Morgan fingerprint density at radius 2 is 1.04 bits per heavy atom. The minimum atomic E-state index is 0.312. The van der Waals surface area contributed by atoms with Gasteiger partial charge in [-0.3, -0.25) is 0 Å². The molecule has 8 aliphatic carbocycles. The van der Waals surface area contributed by atoms with Gasteiger partial charge < -0.3 is 0 Å². The average Bonchev–Trinajstić information content (AvgIpc) is 2.09. The second-order valence-electron chi connectivity index (χ2n) is 30.7. The maximum absolute atomic E-state index is 2.88. The van der Waals surface area contributed by atoms with E-state index in [0.29, 0.717) is 29.8 Å². The van der Waals surface area contributed by atoms with Gasteiger partial charge in [-0.25, -0.2) is 27.7 Å². The highest BCUT2D eigenvalue weighted by molar-refractivity contribution is 6.06. The zero-order valence-electron chi connectivity index (χ0n) is 54.3. The lowest BCUT2D eigenvalue weighted by Gasteiger charge is -2.58. The molecule has 0 amide bonds. The van der Waals surface area contributed by atoms with E-state index in [1.54, 1.807) is 50.7 Å². The van der Waals surface area contributed by atoms with Gasteiger partial charge in [0.15, 0.2) is 22.1 Å². The van der Waals surface area contributed by atoms with Crippen LogP contribution in [0.1, 0.15) is 267 Å². The average molecular weight is 1140 g/mol. The fraction of sp³-hybridized carbons (Fsp3) is 0.684. The van der Waals surface area contributed by atoms with Crippen LogP contribution in [0.5, 0.6) is 0 Å². The number of fused-ring (bicyclic) bond motifs is 6. The second kappa shape index (κ2) is 23.8. The first-order chi connectivity index (χ1) is 41.8. The number of hydrogen-bond acceptors (Lipinski definition) is 1. The van der Waals surface area contributed by atoms with Crippen molar-refractivity contribution in [3.63, 3.8) is 0 Å². The van der Waals surface area contributed by atoms with Gasteiger partial charge in [-0.2, -0.15) is 0 Å². The van der Waals surface area contributed by atoms with Gasteiger partial charge in [0.2, 0.25) is 19.0 Å². The lowest BCUT2D eigenvalue weighted by molar-refractivity contribution is -0.669. The third-order valence-corrected chi connectivity index (χ3v) is 26.5. The molecule has 85 heavy (non-hydrogen) atoms. The largest absolute Gasteiger partial charge is 0.244 e. The molecule has 9 aliphatic rings. The highest BCUT2D eigenvalue weighted by Crippen LogP contribution is 2.64. The molecular weight excluding hydrogens is 1030 g/mol. The normalized spacial score (nSPS) is 32.1. The SMILES string of the molecule is CCn1c[n+](CC)c2c(C3CCC([C@H]4C5CCCCC5[C@@H](c5ccc(C6C7CCCCC7CC7CCCCC76)c6c5n(CC)c[n+]6CC)C5CCCCC54)CC3)cc(CC(C)N3C=[N+](C(C)C)c4cccc5cccc3c45)c(C3CCCCC3)c21. The Morgan fingerprint density at radius 1 is 0.494 bits per heavy atom. The number of nitrogens with zero attached hydrogens (tertiary/aromatic N) is 6. The molecule has 8 saturated carbocycles. The van der Waals surface area contributed by atoms with Gasteiger partial charge in [-0.15, -0.1) is 0 Å². The molecule has 15 rings (SSSR count). The molecule has 4 aromatic carbocycles. The minimum absolute atomic E-state index is 0.312. The van der Waals surface area contributed by atoms with Crippen LogP contribution >= 0.6 is 0 Å². The second-order valence-corrected chi connectivity index (χ2v) is 30.7. The Bertz CT molecular complexity index is 3360. The van der Waals surface area contributed by atoms with Gasteiger partial charge in [0.05, 0.1) is 37.6 Å². The Morgan fingerprint density at radius 3 is 1.65 bits per heavy atom. The summed E-state index contributed by atoms with van der Waals surface area (Å²) < 4.78 is 13.6. The Balaban J connectivity index is 0.774. The first-order valence-electron chi connectivity index (χ1n) is 36.8. The smallest absolute Gasteiger partial charge is 0.231 e. The molecule has 6 aromatic rings. The van der Waals surface area contributed by atoms with E-state index in [9.17, 15) is 0 Å². The third-order valence-electron chi connectivity index (χ3n) is 26.5. The van der Waals surface area contributed by atoms with Crippen molar-refractivity contribution in [2.45, 2.75) is 284 Å². The molecule has 0 bridgehead atoms. The molecule has 2 aromatic heterocycles. The summed E-state index contributed by atoms with van der Waals surface area (Å²) in [7, 11) is 0. The van der Waals surface area contributed by atoms with Gasteiger partial charge in [0.1, 0.15) is 17.4 Å². The minimum Gasteiger partial charge on any atom is -0.231 e. The first-order valence-corrected chi connectivity index (χ1v) is 36.8. The molecule has 9 atom stereocenters. The maximum Gasteiger partial charge on any atom is 0.244 e. The lowest BCUT2D eigenvalue weighted by atomic mass is 9.46. The van der Waals surface area contributed by atoms with Crippen molar-refractivity contribution in [1.29, 1.82) is 0 Å². The van der Waals surface area contributed by atoms with Crippen molar-refractivity contribution >= 4 is 50.6 Å². The highest BCUT2D eigenvalue weighted by atomic mass is 15.3. The standard InChI is InChI=1S/C79H111N6/c1-8-80-48-81(9-2)77-67(44-43-66(76(77)80)74-60-31-17-15-27-57(60)46-58-28-16-18-32-61(58)74)75-64-35-21-19-33-62(64)72(63-34-20-22-36-65(63)75)56-41-39-53(40-42-56)68-47-59(71(54-25-13-12-14-26-54)79-78(68)82(10-3)49-83(79)11-4)45-52(7)85-50-84(51(5)6)69-37-23-29-55-30-24-38-70(85)73(55)69/h23-24,29-30,37-38,43-44,47-54,56-58,60-65,72,74-75H,8-22,25-28,31-36,39-42,45-46H2,1-7H3/q+3/t52?,53?,56?,57?,58?,60?,61?,62?,63?,64?,65?,72-,74?,75+. The lowest BCUT2D eigenvalue weighted by Crippen LogP contribution is -2.50. The van der Waals surface area contributed by atoms with Crippen molar-refractivity contribution in [2.24, 2.45) is 59.2 Å². The van der Waals surface area contributed by atoms with Crippen LogP contribution < -0.4 is 14.0 Å². The zero-order valence-corrected chi connectivity index (χ0v) is 54.3. The summed E-state index contributed by atoms with van der Waals surface area (Å²) in [6.07, 6.45) is 46.2. The van der Waals surface area contributed by atoms with Gasteiger partial charge >= 0.3 is 0 Å². The van der Waals surface area contributed by atoms with Gasteiger partial charge in [0, 0.05) is 28.7 Å². The maximum atomic E-state index is 2.88. The summed E-state index contributed by atoms with van der Waals surface area (Å²) in [5.74, 6) is 11.6. The molecule has 9 unspecified atom stereocenters. The van der Waals surface area contributed by atoms with Gasteiger partial charge in [-0.1, -0.05) is 126 Å². The van der Waals surface area contributed by atoms with Gasteiger partial charge in [-0.05, 0) is 238 Å². The molecule has 1 aliphatic heterocycles. The fourth-order valence-electron chi connectivity index (χ4n) is 23.1. The van der Waals surface area contributed by atoms with E-state index in [4.69, 9.17) is 0 Å². The van der Waals surface area contributed by atoms with E-state index in [1.165, 1.54) is 183 Å². The van der Waals surface area contributed by atoms with Crippen LogP contribution in [-0.2, 0) is 32.6 Å². The number of aryl methyl sites for hydroxylation is 4. The van der Waals surface area contributed by atoms with E-state index in [1.807, 2.05) is 5.56 Å². The summed E-state index contributed by atoms with van der Waals surface area (Å²) in [6, 6.07) is 23.3. The summed E-state index contributed by atoms with van der Waals surface area (Å²) in [6.45, 7) is 21.3. The first kappa shape index (κ1) is 57.0. The van der Waals surface area contributed by atoms with E-state index in [-0.39, 0.29) is 0 Å².